The fraction of sp³-hybridized carbons (Fsp3) is 0.278. The Hall–Kier alpha value is -2.87. The highest BCUT2D eigenvalue weighted by atomic mass is 32.1. The molecule has 1 N–H and O–H groups in total. The summed E-state index contributed by atoms with van der Waals surface area (Å²) >= 11 is 1.45. The molecule has 0 aliphatic rings. The standard InChI is InChI=1S/C18H19N3O4S/c1-11-6-14(25-9-17(23)24-3)4-5-15(11)19-8-13-7-16(22)21-12(2)10-26-18(21)20-13/h4-7,10,19H,8-9H2,1-3H3. The van der Waals surface area contributed by atoms with Crippen LogP contribution in [0.4, 0.5) is 5.69 Å². The molecule has 26 heavy (non-hydrogen) atoms. The molecule has 0 radical (unpaired) electrons. The summed E-state index contributed by atoms with van der Waals surface area (Å²) in [5.74, 6) is 0.159. The number of nitrogens with zero attached hydrogens (tertiary/aromatic N) is 2. The third kappa shape index (κ3) is 3.85. The van der Waals surface area contributed by atoms with Crippen LogP contribution in [0.5, 0.6) is 5.75 Å². The van der Waals surface area contributed by atoms with Crippen LogP contribution in [-0.4, -0.2) is 29.1 Å². The topological polar surface area (TPSA) is 81.9 Å². The van der Waals surface area contributed by atoms with E-state index in [2.05, 4.69) is 15.0 Å². The van der Waals surface area contributed by atoms with Crippen LogP contribution in [0.1, 0.15) is 17.0 Å². The van der Waals surface area contributed by atoms with E-state index in [0.717, 1.165) is 16.9 Å². The molecule has 0 aliphatic heterocycles. The maximum absolute atomic E-state index is 12.2. The monoisotopic (exact) mass is 373 g/mol. The summed E-state index contributed by atoms with van der Waals surface area (Å²) in [6.07, 6.45) is 0. The van der Waals surface area contributed by atoms with E-state index in [1.165, 1.54) is 18.4 Å². The van der Waals surface area contributed by atoms with Gasteiger partial charge in [0.1, 0.15) is 5.75 Å². The zero-order valence-electron chi connectivity index (χ0n) is 14.7. The van der Waals surface area contributed by atoms with Gasteiger partial charge in [-0.15, -0.1) is 11.3 Å². The minimum absolute atomic E-state index is 0.0752. The van der Waals surface area contributed by atoms with Gasteiger partial charge in [0.25, 0.3) is 5.56 Å². The van der Waals surface area contributed by atoms with Crippen LogP contribution in [0.3, 0.4) is 0 Å². The van der Waals surface area contributed by atoms with Gasteiger partial charge in [-0.25, -0.2) is 9.78 Å². The molecule has 0 bridgehead atoms. The summed E-state index contributed by atoms with van der Waals surface area (Å²) in [7, 11) is 1.32. The predicted molar refractivity (Wildman–Crippen MR) is 100 cm³/mol. The molecule has 0 atom stereocenters. The highest BCUT2D eigenvalue weighted by Gasteiger charge is 2.08. The molecule has 3 rings (SSSR count). The zero-order chi connectivity index (χ0) is 18.7. The van der Waals surface area contributed by atoms with Crippen molar-refractivity contribution in [3.05, 3.63) is 57.0 Å². The van der Waals surface area contributed by atoms with E-state index >= 15 is 0 Å². The highest BCUT2D eigenvalue weighted by Crippen LogP contribution is 2.22. The van der Waals surface area contributed by atoms with Crippen molar-refractivity contribution in [2.24, 2.45) is 0 Å². The van der Waals surface area contributed by atoms with Gasteiger partial charge in [-0.3, -0.25) is 9.20 Å². The lowest BCUT2D eigenvalue weighted by Gasteiger charge is -2.11. The summed E-state index contributed by atoms with van der Waals surface area (Å²) in [4.78, 5) is 28.5. The summed E-state index contributed by atoms with van der Waals surface area (Å²) in [5, 5.41) is 5.19. The number of hydrogen-bond acceptors (Lipinski definition) is 7. The molecule has 0 aliphatic carbocycles. The first kappa shape index (κ1) is 17.9. The molecular weight excluding hydrogens is 354 g/mol. The van der Waals surface area contributed by atoms with Gasteiger partial charge < -0.3 is 14.8 Å². The van der Waals surface area contributed by atoms with Gasteiger partial charge in [0.2, 0.25) is 0 Å². The molecule has 0 amide bonds. The molecule has 0 saturated heterocycles. The number of carbonyl (C=O) groups excluding carboxylic acids is 1. The Labute approximate surface area is 154 Å². The molecule has 136 valence electrons. The third-order valence-corrected chi connectivity index (χ3v) is 4.81. The smallest absolute Gasteiger partial charge is 0.343 e. The Morgan fingerprint density at radius 2 is 2.12 bits per heavy atom. The van der Waals surface area contributed by atoms with Crippen LogP contribution < -0.4 is 15.6 Å². The predicted octanol–water partition coefficient (Wildman–Crippen LogP) is 2.54. The summed E-state index contributed by atoms with van der Waals surface area (Å²) < 4.78 is 11.5. The quantitative estimate of drug-likeness (QED) is 0.669. The SMILES string of the molecule is COC(=O)COc1ccc(NCc2cc(=O)n3c(C)csc3n2)c(C)c1. The van der Waals surface area contributed by atoms with Crippen molar-refractivity contribution in [2.45, 2.75) is 20.4 Å². The minimum Gasteiger partial charge on any atom is -0.482 e. The van der Waals surface area contributed by atoms with Crippen molar-refractivity contribution in [3.63, 3.8) is 0 Å². The fourth-order valence-electron chi connectivity index (χ4n) is 2.50. The molecule has 0 unspecified atom stereocenters. The second kappa shape index (κ2) is 7.57. The maximum atomic E-state index is 12.2. The number of ether oxygens (including phenoxy) is 2. The molecular formula is C18H19N3O4S. The average molecular weight is 373 g/mol. The summed E-state index contributed by atoms with van der Waals surface area (Å²) in [6.45, 7) is 4.13. The lowest BCUT2D eigenvalue weighted by atomic mass is 10.2. The van der Waals surface area contributed by atoms with Gasteiger partial charge in [0, 0.05) is 22.8 Å². The van der Waals surface area contributed by atoms with Gasteiger partial charge in [0.15, 0.2) is 11.6 Å². The number of aryl methyl sites for hydroxylation is 2. The molecule has 0 spiro atoms. The Balaban J connectivity index is 1.70. The lowest BCUT2D eigenvalue weighted by Crippen LogP contribution is -2.16. The summed E-state index contributed by atoms with van der Waals surface area (Å²) in [6, 6.07) is 7.01. The molecule has 2 aromatic heterocycles. The van der Waals surface area contributed by atoms with E-state index in [0.29, 0.717) is 22.9 Å². The van der Waals surface area contributed by atoms with Crippen molar-refractivity contribution < 1.29 is 14.3 Å². The molecule has 1 aromatic carbocycles. The number of esters is 1. The zero-order valence-corrected chi connectivity index (χ0v) is 15.6. The number of carbonyl (C=O) groups is 1. The number of nitrogens with one attached hydrogen (secondary N) is 1. The lowest BCUT2D eigenvalue weighted by molar-refractivity contribution is -0.142. The number of methoxy groups -OCH3 is 1. The van der Waals surface area contributed by atoms with Crippen LogP contribution >= 0.6 is 11.3 Å². The Morgan fingerprint density at radius 3 is 2.85 bits per heavy atom. The van der Waals surface area contributed by atoms with E-state index in [-0.39, 0.29) is 12.2 Å². The first-order valence-electron chi connectivity index (χ1n) is 7.99. The maximum Gasteiger partial charge on any atom is 0.343 e. The van der Waals surface area contributed by atoms with Gasteiger partial charge in [-0.2, -0.15) is 0 Å². The molecule has 8 heteroatoms. The number of rotatable bonds is 6. The summed E-state index contributed by atoms with van der Waals surface area (Å²) in [5.41, 5.74) is 3.36. The second-order valence-corrected chi connectivity index (χ2v) is 6.61. The van der Waals surface area contributed by atoms with Crippen molar-refractivity contribution in [1.82, 2.24) is 9.38 Å². The first-order valence-corrected chi connectivity index (χ1v) is 8.87. The first-order chi connectivity index (χ1) is 12.5. The van der Waals surface area contributed by atoms with Gasteiger partial charge in [0.05, 0.1) is 19.3 Å². The van der Waals surface area contributed by atoms with Crippen molar-refractivity contribution >= 4 is 28.0 Å². The van der Waals surface area contributed by atoms with Crippen molar-refractivity contribution in [3.8, 4) is 5.75 Å². The van der Waals surface area contributed by atoms with Gasteiger partial charge >= 0.3 is 5.97 Å². The normalized spacial score (nSPS) is 10.7. The van der Waals surface area contributed by atoms with E-state index in [1.807, 2.05) is 31.4 Å². The largest absolute Gasteiger partial charge is 0.482 e. The van der Waals surface area contributed by atoms with Crippen molar-refractivity contribution in [2.75, 3.05) is 19.0 Å². The molecule has 2 heterocycles. The van der Waals surface area contributed by atoms with Crippen LogP contribution in [-0.2, 0) is 16.1 Å². The Kier molecular flexibility index (Phi) is 5.22. The van der Waals surface area contributed by atoms with Crippen LogP contribution in [0.15, 0.2) is 34.4 Å². The fourth-order valence-corrected chi connectivity index (χ4v) is 3.39. The average Bonchev–Trinajstić information content (AvgIpc) is 3.00. The number of thiazole rings is 1. The Morgan fingerprint density at radius 1 is 1.31 bits per heavy atom. The van der Waals surface area contributed by atoms with Crippen LogP contribution in [0.2, 0.25) is 0 Å². The van der Waals surface area contributed by atoms with E-state index in [1.54, 1.807) is 16.5 Å². The number of benzene rings is 1. The second-order valence-electron chi connectivity index (χ2n) is 5.78. The molecule has 7 nitrogen and oxygen atoms in total. The molecule has 3 aromatic rings. The van der Waals surface area contributed by atoms with Gasteiger partial charge in [-0.05, 0) is 37.6 Å². The van der Waals surface area contributed by atoms with E-state index < -0.39 is 5.97 Å². The van der Waals surface area contributed by atoms with Crippen LogP contribution in [0, 0.1) is 13.8 Å². The number of anilines is 1. The highest BCUT2D eigenvalue weighted by molar-refractivity contribution is 7.15. The number of hydrogen-bond donors (Lipinski definition) is 1. The van der Waals surface area contributed by atoms with Crippen molar-refractivity contribution in [1.29, 1.82) is 0 Å². The molecule has 0 saturated carbocycles. The van der Waals surface area contributed by atoms with E-state index in [9.17, 15) is 9.59 Å². The van der Waals surface area contributed by atoms with Gasteiger partial charge in [-0.1, -0.05) is 0 Å². The Bertz CT molecular complexity index is 1010. The number of aromatic nitrogens is 2. The third-order valence-electron chi connectivity index (χ3n) is 3.87. The minimum atomic E-state index is -0.429. The van der Waals surface area contributed by atoms with Crippen LogP contribution in [0.25, 0.3) is 4.96 Å². The molecule has 0 fully saturated rings. The van der Waals surface area contributed by atoms with E-state index in [4.69, 9.17) is 4.74 Å². The number of fused-ring (bicyclic) bond motifs is 1.